The quantitative estimate of drug-likeness (QED) is 0.539. The number of nitrogens with one attached hydrogen (secondary N) is 2. The first kappa shape index (κ1) is 20.8. The lowest BCUT2D eigenvalue weighted by Crippen LogP contribution is -2.16. The van der Waals surface area contributed by atoms with Gasteiger partial charge in [0.15, 0.2) is 0 Å². The normalized spacial score (nSPS) is 11.0. The number of amides is 1. The molecule has 3 aromatic carbocycles. The van der Waals surface area contributed by atoms with E-state index in [1.807, 2.05) is 0 Å². The zero-order valence-electron chi connectivity index (χ0n) is 15.1. The van der Waals surface area contributed by atoms with Gasteiger partial charge < -0.3 is 10.1 Å². The van der Waals surface area contributed by atoms with E-state index in [0.717, 1.165) is 0 Å². The molecule has 0 radical (unpaired) electrons. The van der Waals surface area contributed by atoms with Crippen LogP contribution >= 0.6 is 15.9 Å². The minimum Gasteiger partial charge on any atom is -0.495 e. The molecule has 0 spiro atoms. The van der Waals surface area contributed by atoms with Crippen molar-refractivity contribution in [3.63, 3.8) is 0 Å². The third-order valence-electron chi connectivity index (χ3n) is 3.89. The van der Waals surface area contributed by atoms with Crippen molar-refractivity contribution < 1.29 is 22.3 Å². The van der Waals surface area contributed by atoms with E-state index in [9.17, 15) is 17.6 Å². The van der Waals surface area contributed by atoms with Crippen molar-refractivity contribution in [1.29, 1.82) is 0 Å². The molecule has 0 saturated heterocycles. The Hall–Kier alpha value is -2.91. The average molecular weight is 479 g/mol. The Balaban J connectivity index is 1.83. The number of rotatable bonds is 6. The molecule has 0 saturated carbocycles. The molecule has 6 nitrogen and oxygen atoms in total. The molecule has 0 aliphatic heterocycles. The summed E-state index contributed by atoms with van der Waals surface area (Å²) in [7, 11) is -2.59. The van der Waals surface area contributed by atoms with Crippen molar-refractivity contribution in [1.82, 2.24) is 0 Å². The molecule has 0 heterocycles. The molecule has 3 rings (SSSR count). The van der Waals surface area contributed by atoms with Crippen LogP contribution in [0.3, 0.4) is 0 Å². The number of methoxy groups -OCH3 is 1. The van der Waals surface area contributed by atoms with E-state index in [-0.39, 0.29) is 21.9 Å². The fraction of sp³-hybridized carbons (Fsp3) is 0.0500. The minimum absolute atomic E-state index is 0.0458. The lowest BCUT2D eigenvalue weighted by molar-refractivity contribution is 0.102. The number of hydrogen-bond donors (Lipinski definition) is 2. The Bertz CT molecular complexity index is 1150. The van der Waals surface area contributed by atoms with Crippen LogP contribution in [0.2, 0.25) is 0 Å². The Kier molecular flexibility index (Phi) is 6.19. The molecule has 2 N–H and O–H groups in total. The van der Waals surface area contributed by atoms with Crippen molar-refractivity contribution in [3.05, 3.63) is 82.6 Å². The molecule has 150 valence electrons. The topological polar surface area (TPSA) is 84.5 Å². The third kappa shape index (κ3) is 5.12. The molecule has 0 aliphatic carbocycles. The van der Waals surface area contributed by atoms with Gasteiger partial charge in [-0.3, -0.25) is 9.52 Å². The van der Waals surface area contributed by atoms with Gasteiger partial charge in [-0.15, -0.1) is 0 Å². The highest BCUT2D eigenvalue weighted by atomic mass is 79.9. The number of anilines is 2. The number of halogens is 2. The van der Waals surface area contributed by atoms with Crippen LogP contribution in [-0.4, -0.2) is 21.4 Å². The first-order chi connectivity index (χ1) is 13.8. The number of ether oxygens (including phenoxy) is 1. The summed E-state index contributed by atoms with van der Waals surface area (Å²) in [5, 5.41) is 2.62. The van der Waals surface area contributed by atoms with Crippen LogP contribution in [0.15, 0.2) is 76.1 Å². The second kappa shape index (κ2) is 8.62. The second-order valence-electron chi connectivity index (χ2n) is 5.94. The maximum atomic E-state index is 13.0. The largest absolute Gasteiger partial charge is 0.495 e. The van der Waals surface area contributed by atoms with Crippen LogP contribution < -0.4 is 14.8 Å². The van der Waals surface area contributed by atoms with Crippen LogP contribution in [0.25, 0.3) is 0 Å². The third-order valence-corrected chi connectivity index (χ3v) is 5.79. The fourth-order valence-electron chi connectivity index (χ4n) is 2.53. The van der Waals surface area contributed by atoms with E-state index < -0.39 is 21.7 Å². The Morgan fingerprint density at radius 3 is 2.41 bits per heavy atom. The van der Waals surface area contributed by atoms with Crippen molar-refractivity contribution >= 4 is 43.2 Å². The fourth-order valence-corrected chi connectivity index (χ4v) is 4.29. The van der Waals surface area contributed by atoms with Gasteiger partial charge in [0, 0.05) is 21.4 Å². The van der Waals surface area contributed by atoms with Crippen molar-refractivity contribution in [2.75, 3.05) is 17.1 Å². The molecule has 3 aromatic rings. The molecule has 0 unspecified atom stereocenters. The number of carbonyl (C=O) groups is 1. The molecule has 0 bridgehead atoms. The van der Waals surface area contributed by atoms with Crippen molar-refractivity contribution in [2.45, 2.75) is 4.90 Å². The van der Waals surface area contributed by atoms with Crippen LogP contribution in [0, 0.1) is 5.82 Å². The molecular formula is C20H16BrFN2O4S. The summed E-state index contributed by atoms with van der Waals surface area (Å²) in [4.78, 5) is 12.4. The number of sulfonamides is 1. The van der Waals surface area contributed by atoms with Gasteiger partial charge in [-0.2, -0.15) is 0 Å². The minimum atomic E-state index is -3.96. The first-order valence-corrected chi connectivity index (χ1v) is 10.6. The van der Waals surface area contributed by atoms with Gasteiger partial charge in [-0.25, -0.2) is 12.8 Å². The molecule has 9 heteroatoms. The summed E-state index contributed by atoms with van der Waals surface area (Å²) in [5.74, 6) is -0.689. The van der Waals surface area contributed by atoms with Gasteiger partial charge >= 0.3 is 0 Å². The van der Waals surface area contributed by atoms with Gasteiger partial charge in [0.2, 0.25) is 0 Å². The highest BCUT2D eigenvalue weighted by Gasteiger charge is 2.20. The zero-order chi connectivity index (χ0) is 21.0. The molecule has 1 amide bonds. The number of hydrogen-bond acceptors (Lipinski definition) is 4. The molecule has 0 aromatic heterocycles. The van der Waals surface area contributed by atoms with E-state index in [4.69, 9.17) is 4.74 Å². The van der Waals surface area contributed by atoms with Gasteiger partial charge in [-0.05, 0) is 60.7 Å². The van der Waals surface area contributed by atoms with Crippen LogP contribution in [0.1, 0.15) is 10.4 Å². The summed E-state index contributed by atoms with van der Waals surface area (Å²) in [6, 6.07) is 16.0. The van der Waals surface area contributed by atoms with Gasteiger partial charge in [0.1, 0.15) is 16.5 Å². The summed E-state index contributed by atoms with van der Waals surface area (Å²) in [6.45, 7) is 0. The standard InChI is InChI=1S/C20H16BrFN2O4S/c1-28-18-10-5-14(21)12-19(18)29(26,27)24-17-4-2-3-13(11-17)20(25)23-16-8-6-15(22)7-9-16/h2-12,24H,1H3,(H,23,25). The monoisotopic (exact) mass is 478 g/mol. The van der Waals surface area contributed by atoms with E-state index in [1.165, 1.54) is 61.7 Å². The zero-order valence-corrected chi connectivity index (χ0v) is 17.6. The number of carbonyl (C=O) groups excluding carboxylic acids is 1. The van der Waals surface area contributed by atoms with E-state index in [0.29, 0.717) is 10.2 Å². The summed E-state index contributed by atoms with van der Waals surface area (Å²) in [5.41, 5.74) is 0.857. The maximum Gasteiger partial charge on any atom is 0.265 e. The molecular weight excluding hydrogens is 463 g/mol. The predicted octanol–water partition coefficient (Wildman–Crippen LogP) is 4.65. The SMILES string of the molecule is COc1ccc(Br)cc1S(=O)(=O)Nc1cccc(C(=O)Nc2ccc(F)cc2)c1. The summed E-state index contributed by atoms with van der Waals surface area (Å²) in [6.07, 6.45) is 0. The van der Waals surface area contributed by atoms with Crippen molar-refractivity contribution in [2.24, 2.45) is 0 Å². The van der Waals surface area contributed by atoms with E-state index in [1.54, 1.807) is 12.1 Å². The lowest BCUT2D eigenvalue weighted by Gasteiger charge is -2.13. The number of benzene rings is 3. The van der Waals surface area contributed by atoms with E-state index in [2.05, 4.69) is 26.0 Å². The Morgan fingerprint density at radius 1 is 1.00 bits per heavy atom. The second-order valence-corrected chi connectivity index (χ2v) is 8.51. The highest BCUT2D eigenvalue weighted by molar-refractivity contribution is 9.10. The Labute approximate surface area is 175 Å². The Morgan fingerprint density at radius 2 is 1.72 bits per heavy atom. The van der Waals surface area contributed by atoms with Gasteiger partial charge in [-0.1, -0.05) is 22.0 Å². The smallest absolute Gasteiger partial charge is 0.265 e. The van der Waals surface area contributed by atoms with Gasteiger partial charge in [0.05, 0.1) is 7.11 Å². The molecule has 0 aliphatic rings. The summed E-state index contributed by atoms with van der Waals surface area (Å²) >= 11 is 3.25. The molecule has 0 fully saturated rings. The van der Waals surface area contributed by atoms with Gasteiger partial charge in [0.25, 0.3) is 15.9 Å². The van der Waals surface area contributed by atoms with Crippen molar-refractivity contribution in [3.8, 4) is 5.75 Å². The maximum absolute atomic E-state index is 13.0. The summed E-state index contributed by atoms with van der Waals surface area (Å²) < 4.78 is 46.7. The molecule has 0 atom stereocenters. The predicted molar refractivity (Wildman–Crippen MR) is 112 cm³/mol. The van der Waals surface area contributed by atoms with Crippen LogP contribution in [0.4, 0.5) is 15.8 Å². The van der Waals surface area contributed by atoms with E-state index >= 15 is 0 Å². The van der Waals surface area contributed by atoms with Crippen LogP contribution in [0.5, 0.6) is 5.75 Å². The van der Waals surface area contributed by atoms with Crippen LogP contribution in [-0.2, 0) is 10.0 Å². The molecule has 29 heavy (non-hydrogen) atoms. The highest BCUT2D eigenvalue weighted by Crippen LogP contribution is 2.29. The lowest BCUT2D eigenvalue weighted by atomic mass is 10.2. The average Bonchev–Trinajstić information content (AvgIpc) is 2.69. The first-order valence-electron chi connectivity index (χ1n) is 8.32.